The number of aromatic nitrogens is 5. The molecule has 1 aromatic carbocycles. The third-order valence-electron chi connectivity index (χ3n) is 5.95. The molecule has 0 atom stereocenters. The van der Waals surface area contributed by atoms with Gasteiger partial charge < -0.3 is 14.8 Å². The minimum absolute atomic E-state index is 0.444. The first kappa shape index (κ1) is 24.2. The lowest BCUT2D eigenvalue weighted by molar-refractivity contribution is -0.360. The number of carbonyl (C=O) groups excluding carboxylic acids is 1. The number of hydrogen-bond acceptors (Lipinski definition) is 7. The van der Waals surface area contributed by atoms with Crippen molar-refractivity contribution in [3.8, 4) is 16.9 Å². The molecule has 0 unspecified atom stereocenters. The van der Waals surface area contributed by atoms with Crippen LogP contribution in [0.15, 0.2) is 55.2 Å². The lowest BCUT2D eigenvalue weighted by Crippen LogP contribution is -2.30. The number of methoxy groups -OCH3 is 1. The number of amides is 1. The number of fused-ring (bicyclic) bond motifs is 1. The zero-order chi connectivity index (χ0) is 26.3. The summed E-state index contributed by atoms with van der Waals surface area (Å²) in [6, 6.07) is 7.75. The van der Waals surface area contributed by atoms with Crippen LogP contribution in [0.2, 0.25) is 0 Å². The van der Waals surface area contributed by atoms with Crippen molar-refractivity contribution in [2.24, 2.45) is 14.1 Å². The third-order valence-corrected chi connectivity index (χ3v) is 5.95. The maximum Gasteiger partial charge on any atom is 0.603 e. The molecule has 190 valence electrons. The molecule has 37 heavy (non-hydrogen) atoms. The molecule has 0 bridgehead atoms. The Labute approximate surface area is 215 Å². The highest BCUT2D eigenvalue weighted by Gasteiger charge is 2.40. The minimum atomic E-state index is -0.641. The second kappa shape index (κ2) is 9.20. The average molecular weight is 501 g/mol. The number of benzene rings is 1. The lowest BCUT2D eigenvalue weighted by Gasteiger charge is -2.16. The Bertz CT molecular complexity index is 1520. The molecule has 5 rings (SSSR count). The Morgan fingerprint density at radius 1 is 1.00 bits per heavy atom. The van der Waals surface area contributed by atoms with E-state index in [1.165, 1.54) is 0 Å². The number of aryl methyl sites for hydroxylation is 2. The van der Waals surface area contributed by atoms with Crippen LogP contribution in [0.25, 0.3) is 11.1 Å². The van der Waals surface area contributed by atoms with E-state index in [-0.39, 0.29) is 0 Å². The van der Waals surface area contributed by atoms with Crippen LogP contribution >= 0.6 is 0 Å². The molecule has 4 aromatic rings. The fourth-order valence-electron chi connectivity index (χ4n) is 4.29. The van der Waals surface area contributed by atoms with Crippen LogP contribution in [0, 0.1) is 0 Å². The van der Waals surface area contributed by atoms with E-state index in [1.54, 1.807) is 33.4 Å². The van der Waals surface area contributed by atoms with E-state index >= 15 is 0 Å². The van der Waals surface area contributed by atoms with Crippen LogP contribution in [-0.4, -0.2) is 53.6 Å². The maximum absolute atomic E-state index is 13.3. The highest BCUT2D eigenvalue weighted by molar-refractivity contribution is 6.03. The quantitative estimate of drug-likeness (QED) is 0.400. The average Bonchev–Trinajstić information content (AvgIpc) is 3.56. The van der Waals surface area contributed by atoms with Gasteiger partial charge in [-0.15, -0.1) is 0 Å². The van der Waals surface area contributed by atoms with Crippen LogP contribution in [0.1, 0.15) is 31.9 Å². The van der Waals surface area contributed by atoms with Crippen molar-refractivity contribution in [1.29, 1.82) is 0 Å². The van der Waals surface area contributed by atoms with Gasteiger partial charge in [-0.2, -0.15) is 15.0 Å². The summed E-state index contributed by atoms with van der Waals surface area (Å²) in [4.78, 5) is 18.0. The van der Waals surface area contributed by atoms with E-state index in [1.807, 2.05) is 77.7 Å². The predicted octanol–water partition coefficient (Wildman–Crippen LogP) is 4.59. The number of hydrogen-bond donors (Lipinski definition) is 1. The molecule has 0 saturated heterocycles. The second-order valence-corrected chi connectivity index (χ2v) is 9.98. The monoisotopic (exact) mass is 500 g/mol. The summed E-state index contributed by atoms with van der Waals surface area (Å²) < 4.78 is 16.5. The van der Waals surface area contributed by atoms with Crippen molar-refractivity contribution in [1.82, 2.24) is 24.5 Å². The van der Waals surface area contributed by atoms with Crippen molar-refractivity contribution < 1.29 is 18.8 Å². The first-order valence-corrected chi connectivity index (χ1v) is 11.9. The Morgan fingerprint density at radius 3 is 2.32 bits per heavy atom. The zero-order valence-electron chi connectivity index (χ0n) is 21.8. The smallest absolute Gasteiger partial charge is 0.495 e. The number of nitrogens with one attached hydrogen (secondary N) is 1. The number of pyridine rings is 1. The summed E-state index contributed by atoms with van der Waals surface area (Å²) in [6.07, 6.45) is 9.28. The Kier molecular flexibility index (Phi) is 6.02. The molecule has 10 nitrogen and oxygen atoms in total. The highest BCUT2D eigenvalue weighted by atomic mass is 16.6. The van der Waals surface area contributed by atoms with E-state index in [0.29, 0.717) is 18.0 Å². The van der Waals surface area contributed by atoms with Gasteiger partial charge in [-0.05, 0) is 38.5 Å². The number of nitrogens with zero attached hydrogens (tertiary/aromatic N) is 6. The van der Waals surface area contributed by atoms with E-state index < -0.39 is 11.7 Å². The van der Waals surface area contributed by atoms with Crippen molar-refractivity contribution in [3.63, 3.8) is 0 Å². The van der Waals surface area contributed by atoms with E-state index in [0.717, 1.165) is 39.3 Å². The molecule has 0 spiro atoms. The van der Waals surface area contributed by atoms with Gasteiger partial charge in [0, 0.05) is 38.2 Å². The van der Waals surface area contributed by atoms with Gasteiger partial charge in [0.2, 0.25) is 11.4 Å². The van der Waals surface area contributed by atoms with Crippen LogP contribution in [0.3, 0.4) is 0 Å². The Balaban J connectivity index is 1.51. The molecule has 1 aliphatic heterocycles. The Morgan fingerprint density at radius 2 is 1.70 bits per heavy atom. The molecule has 4 heterocycles. The van der Waals surface area contributed by atoms with Crippen LogP contribution in [0.4, 0.5) is 22.0 Å². The largest absolute Gasteiger partial charge is 0.603 e. The molecule has 1 aliphatic rings. The van der Waals surface area contributed by atoms with E-state index in [9.17, 15) is 4.79 Å². The maximum atomic E-state index is 13.3. The highest BCUT2D eigenvalue weighted by Crippen LogP contribution is 2.35. The van der Waals surface area contributed by atoms with Crippen molar-refractivity contribution in [3.05, 3.63) is 66.4 Å². The lowest BCUT2D eigenvalue weighted by atomic mass is 10.1. The van der Waals surface area contributed by atoms with Gasteiger partial charge in [0.1, 0.15) is 17.2 Å². The molecule has 1 N–H and O–H groups in total. The van der Waals surface area contributed by atoms with Crippen molar-refractivity contribution >= 4 is 29.0 Å². The summed E-state index contributed by atoms with van der Waals surface area (Å²) in [5.41, 5.74) is 5.39. The number of rotatable bonds is 5. The van der Waals surface area contributed by atoms with Gasteiger partial charge in [0.05, 0.1) is 48.8 Å². The van der Waals surface area contributed by atoms with Gasteiger partial charge in [-0.1, -0.05) is 10.6 Å². The molecule has 1 amide bonds. The molecule has 0 saturated carbocycles. The molecule has 10 heteroatoms. The fraction of sp³-hybridized carbons (Fsp3) is 0.296. The van der Waals surface area contributed by atoms with E-state index in [4.69, 9.17) is 9.47 Å². The van der Waals surface area contributed by atoms with Crippen LogP contribution in [0.5, 0.6) is 5.75 Å². The topological polar surface area (TPSA) is 99.1 Å². The summed E-state index contributed by atoms with van der Waals surface area (Å²) in [6.45, 7) is 5.56. The summed E-state index contributed by atoms with van der Waals surface area (Å²) in [5, 5.41) is 11.9. The molecular weight excluding hydrogens is 470 g/mol. The Hall–Kier alpha value is -4.47. The molecule has 0 radical (unpaired) electrons. The van der Waals surface area contributed by atoms with Crippen LogP contribution < -0.4 is 10.1 Å². The van der Waals surface area contributed by atoms with E-state index in [2.05, 4.69) is 20.5 Å². The molecule has 3 aromatic heterocycles. The normalized spacial score (nSPS) is 13.0. The first-order valence-electron chi connectivity index (χ1n) is 11.9. The summed E-state index contributed by atoms with van der Waals surface area (Å²) in [5.74, 6) is 1.24. The van der Waals surface area contributed by atoms with Crippen LogP contribution in [-0.2, 0) is 25.3 Å². The summed E-state index contributed by atoms with van der Waals surface area (Å²) in [7, 11) is 5.36. The third kappa shape index (κ3) is 4.95. The van der Waals surface area contributed by atoms with Crippen molar-refractivity contribution in [2.45, 2.75) is 32.8 Å². The SMILES string of the molecule is COc1cc(-c2cnn(C)c2)ccc1Nc1cc2c(cn1)CC(c1cnn(C)c1)=[N+]2C(=O)OC(C)(C)C. The number of ether oxygens (including phenoxy) is 2. The molecular formula is C27H30N7O3+. The van der Waals surface area contributed by atoms with Gasteiger partial charge in [0.15, 0.2) is 0 Å². The van der Waals surface area contributed by atoms with Crippen molar-refractivity contribution in [2.75, 3.05) is 12.4 Å². The standard InChI is InChI=1S/C27H30N7O3/c1-27(2,3)37-26(35)34-22(20-14-30-33(5)16-20)9-18-12-28-25(11-23(18)34)31-21-8-7-17(10-24(21)36-6)19-13-29-32(4)15-19/h7-8,10-16H,9H2,1-6H3,(H,28,31)/q+1. The first-order chi connectivity index (χ1) is 17.6. The van der Waals surface area contributed by atoms with Gasteiger partial charge >= 0.3 is 6.09 Å². The predicted molar refractivity (Wildman–Crippen MR) is 140 cm³/mol. The zero-order valence-corrected chi connectivity index (χ0v) is 21.8. The second-order valence-electron chi connectivity index (χ2n) is 9.98. The molecule has 0 fully saturated rings. The summed E-state index contributed by atoms with van der Waals surface area (Å²) >= 11 is 0. The van der Waals surface area contributed by atoms with Gasteiger partial charge in [-0.3, -0.25) is 9.36 Å². The molecule has 0 aliphatic carbocycles. The van der Waals surface area contributed by atoms with Gasteiger partial charge in [0.25, 0.3) is 0 Å². The van der Waals surface area contributed by atoms with Gasteiger partial charge in [-0.25, -0.2) is 4.98 Å². The number of anilines is 2. The minimum Gasteiger partial charge on any atom is -0.495 e. The fourth-order valence-corrected chi connectivity index (χ4v) is 4.29. The number of carbonyl (C=O) groups is 1.